The zero-order valence-electron chi connectivity index (χ0n) is 10.5. The van der Waals surface area contributed by atoms with Crippen LogP contribution in [-0.4, -0.2) is 48.2 Å². The molecule has 0 saturated carbocycles. The molecule has 7 heteroatoms. The largest absolute Gasteiger partial charge is 0.378 e. The topological polar surface area (TPSA) is 85.4 Å². The first-order valence-electron chi connectivity index (χ1n) is 5.73. The smallest absolute Gasteiger partial charge is 0.269 e. The molecule has 1 aromatic heterocycles. The van der Waals surface area contributed by atoms with Crippen molar-refractivity contribution in [2.75, 3.05) is 26.9 Å². The first-order valence-corrected chi connectivity index (χ1v) is 5.73. The number of H-pyrrole nitrogens is 1. The number of ether oxygens (including phenoxy) is 2. The number of nitrogens with zero attached hydrogens (tertiary/aromatic N) is 1. The van der Waals surface area contributed by atoms with Crippen molar-refractivity contribution in [1.82, 2.24) is 15.1 Å². The molecule has 1 unspecified atom stereocenters. The molecule has 1 aliphatic heterocycles. The lowest BCUT2D eigenvalue weighted by atomic mass is 10.0. The SMILES string of the molecule is COC1(CNC(=O)c2cc(=O)n(C)[nH]2)CCOC1. The maximum atomic E-state index is 11.8. The molecule has 7 nitrogen and oxygen atoms in total. The van der Waals surface area contributed by atoms with Crippen molar-refractivity contribution in [2.45, 2.75) is 12.0 Å². The van der Waals surface area contributed by atoms with E-state index in [2.05, 4.69) is 10.4 Å². The van der Waals surface area contributed by atoms with Gasteiger partial charge in [0.1, 0.15) is 11.3 Å². The third-order valence-corrected chi connectivity index (χ3v) is 3.20. The van der Waals surface area contributed by atoms with Crippen molar-refractivity contribution in [2.24, 2.45) is 7.05 Å². The summed E-state index contributed by atoms with van der Waals surface area (Å²) in [6.45, 7) is 1.46. The van der Waals surface area contributed by atoms with Crippen LogP contribution in [0.5, 0.6) is 0 Å². The number of amides is 1. The fraction of sp³-hybridized carbons (Fsp3) is 0.636. The molecular formula is C11H17N3O4. The first kappa shape index (κ1) is 12.8. The van der Waals surface area contributed by atoms with E-state index in [4.69, 9.17) is 9.47 Å². The van der Waals surface area contributed by atoms with Gasteiger partial charge in [0.2, 0.25) is 0 Å². The summed E-state index contributed by atoms with van der Waals surface area (Å²) in [6, 6.07) is 1.26. The molecule has 100 valence electrons. The van der Waals surface area contributed by atoms with Crippen LogP contribution in [0.3, 0.4) is 0 Å². The van der Waals surface area contributed by atoms with Gasteiger partial charge < -0.3 is 14.8 Å². The monoisotopic (exact) mass is 255 g/mol. The quantitative estimate of drug-likeness (QED) is 0.741. The fourth-order valence-corrected chi connectivity index (χ4v) is 1.90. The summed E-state index contributed by atoms with van der Waals surface area (Å²) in [6.07, 6.45) is 0.745. The predicted molar refractivity (Wildman–Crippen MR) is 63.5 cm³/mol. The molecule has 1 fully saturated rings. The van der Waals surface area contributed by atoms with Crippen molar-refractivity contribution >= 4 is 5.91 Å². The Bertz CT molecular complexity index is 485. The number of methoxy groups -OCH3 is 1. The Morgan fingerprint density at radius 1 is 1.72 bits per heavy atom. The first-order chi connectivity index (χ1) is 8.56. The number of rotatable bonds is 4. The normalized spacial score (nSPS) is 23.2. The van der Waals surface area contributed by atoms with Crippen molar-refractivity contribution in [3.8, 4) is 0 Å². The Balaban J connectivity index is 1.97. The third-order valence-electron chi connectivity index (χ3n) is 3.20. The highest BCUT2D eigenvalue weighted by atomic mass is 16.5. The van der Waals surface area contributed by atoms with Gasteiger partial charge in [0, 0.05) is 39.8 Å². The van der Waals surface area contributed by atoms with E-state index < -0.39 is 5.60 Å². The van der Waals surface area contributed by atoms with Crippen LogP contribution >= 0.6 is 0 Å². The predicted octanol–water partition coefficient (Wildman–Crippen LogP) is -0.751. The van der Waals surface area contributed by atoms with Crippen molar-refractivity contribution in [3.63, 3.8) is 0 Å². The van der Waals surface area contributed by atoms with Gasteiger partial charge in [-0.05, 0) is 0 Å². The van der Waals surface area contributed by atoms with E-state index in [0.717, 1.165) is 6.42 Å². The highest BCUT2D eigenvalue weighted by Crippen LogP contribution is 2.21. The highest BCUT2D eigenvalue weighted by Gasteiger charge is 2.35. The molecule has 1 saturated heterocycles. The Kier molecular flexibility index (Phi) is 3.53. The average molecular weight is 255 g/mol. The van der Waals surface area contributed by atoms with Gasteiger partial charge in [-0.3, -0.25) is 19.4 Å². The second kappa shape index (κ2) is 4.95. The summed E-state index contributed by atoms with van der Waals surface area (Å²) in [5, 5.41) is 5.42. The average Bonchev–Trinajstić information content (AvgIpc) is 2.95. The second-order valence-electron chi connectivity index (χ2n) is 4.44. The number of carbonyl (C=O) groups is 1. The van der Waals surface area contributed by atoms with E-state index in [9.17, 15) is 9.59 Å². The number of hydrogen-bond acceptors (Lipinski definition) is 4. The highest BCUT2D eigenvalue weighted by molar-refractivity contribution is 5.92. The lowest BCUT2D eigenvalue weighted by Gasteiger charge is -2.25. The summed E-state index contributed by atoms with van der Waals surface area (Å²) >= 11 is 0. The van der Waals surface area contributed by atoms with Gasteiger partial charge in [0.25, 0.3) is 11.5 Å². The minimum absolute atomic E-state index is 0.243. The standard InChI is InChI=1S/C11H17N3O4/c1-14-9(15)5-8(13-14)10(16)12-6-11(17-2)3-4-18-7-11/h5,13H,3-4,6-7H2,1-2H3,(H,12,16). The molecule has 0 radical (unpaired) electrons. The molecule has 0 aromatic carbocycles. The van der Waals surface area contributed by atoms with E-state index in [1.807, 2.05) is 0 Å². The van der Waals surface area contributed by atoms with Crippen LogP contribution in [-0.2, 0) is 16.5 Å². The van der Waals surface area contributed by atoms with Gasteiger partial charge in [-0.25, -0.2) is 0 Å². The zero-order valence-corrected chi connectivity index (χ0v) is 10.5. The van der Waals surface area contributed by atoms with Crippen molar-refractivity contribution in [3.05, 3.63) is 22.1 Å². The molecule has 0 bridgehead atoms. The third kappa shape index (κ3) is 2.46. The van der Waals surface area contributed by atoms with Crippen LogP contribution in [0.1, 0.15) is 16.9 Å². The van der Waals surface area contributed by atoms with E-state index in [-0.39, 0.29) is 17.2 Å². The van der Waals surface area contributed by atoms with Crippen LogP contribution < -0.4 is 10.9 Å². The number of carbonyl (C=O) groups excluding carboxylic acids is 1. The number of nitrogens with one attached hydrogen (secondary N) is 2. The van der Waals surface area contributed by atoms with E-state index in [1.54, 1.807) is 14.2 Å². The minimum atomic E-state index is -0.454. The van der Waals surface area contributed by atoms with E-state index in [0.29, 0.717) is 19.8 Å². The summed E-state index contributed by atoms with van der Waals surface area (Å²) < 4.78 is 11.9. The van der Waals surface area contributed by atoms with Crippen molar-refractivity contribution in [1.29, 1.82) is 0 Å². The van der Waals surface area contributed by atoms with Crippen LogP contribution in [0.2, 0.25) is 0 Å². The van der Waals surface area contributed by atoms with Crippen LogP contribution in [0, 0.1) is 0 Å². The van der Waals surface area contributed by atoms with Crippen LogP contribution in [0.4, 0.5) is 0 Å². The molecular weight excluding hydrogens is 238 g/mol. The zero-order chi connectivity index (χ0) is 13.2. The van der Waals surface area contributed by atoms with Gasteiger partial charge in [-0.1, -0.05) is 0 Å². The Morgan fingerprint density at radius 2 is 2.50 bits per heavy atom. The van der Waals surface area contributed by atoms with Gasteiger partial charge >= 0.3 is 0 Å². The minimum Gasteiger partial charge on any atom is -0.378 e. The van der Waals surface area contributed by atoms with Gasteiger partial charge in [0.05, 0.1) is 6.61 Å². The Labute approximate surface area is 104 Å². The molecule has 1 aromatic rings. The molecule has 2 rings (SSSR count). The molecule has 2 heterocycles. The van der Waals surface area contributed by atoms with Gasteiger partial charge in [0.15, 0.2) is 0 Å². The summed E-state index contributed by atoms with van der Waals surface area (Å²) in [4.78, 5) is 23.1. The van der Waals surface area contributed by atoms with Gasteiger partial charge in [-0.2, -0.15) is 0 Å². The summed E-state index contributed by atoms with van der Waals surface area (Å²) in [5.74, 6) is -0.323. The molecule has 1 amide bonds. The Hall–Kier alpha value is -1.60. The maximum absolute atomic E-state index is 11.8. The summed E-state index contributed by atoms with van der Waals surface area (Å²) in [7, 11) is 3.16. The van der Waals surface area contributed by atoms with E-state index >= 15 is 0 Å². The van der Waals surface area contributed by atoms with Crippen LogP contribution in [0.25, 0.3) is 0 Å². The Morgan fingerprint density at radius 3 is 3.00 bits per heavy atom. The lowest BCUT2D eigenvalue weighted by molar-refractivity contribution is -0.0149. The van der Waals surface area contributed by atoms with Crippen molar-refractivity contribution < 1.29 is 14.3 Å². The molecule has 0 spiro atoms. The van der Waals surface area contributed by atoms with E-state index in [1.165, 1.54) is 10.7 Å². The number of aromatic amines is 1. The van der Waals surface area contributed by atoms with Crippen LogP contribution in [0.15, 0.2) is 10.9 Å². The molecule has 18 heavy (non-hydrogen) atoms. The molecule has 1 aliphatic rings. The number of aromatic nitrogens is 2. The van der Waals surface area contributed by atoms with Gasteiger partial charge in [-0.15, -0.1) is 0 Å². The molecule has 2 N–H and O–H groups in total. The molecule has 0 aliphatic carbocycles. The lowest BCUT2D eigenvalue weighted by Crippen LogP contribution is -2.45. The maximum Gasteiger partial charge on any atom is 0.269 e. The number of aryl methyl sites for hydroxylation is 1. The summed E-state index contributed by atoms with van der Waals surface area (Å²) in [5.41, 5.74) is -0.455. The molecule has 1 atom stereocenters. The fourth-order valence-electron chi connectivity index (χ4n) is 1.90. The second-order valence-corrected chi connectivity index (χ2v) is 4.44. The number of hydrogen-bond donors (Lipinski definition) is 2.